The van der Waals surface area contributed by atoms with Gasteiger partial charge in [-0.1, -0.05) is 12.1 Å². The van der Waals surface area contributed by atoms with Gasteiger partial charge in [0.15, 0.2) is 0 Å². The Morgan fingerprint density at radius 3 is 0.906 bits per heavy atom. The Hall–Kier alpha value is 2.08. The normalized spacial score (nSPS) is 11.8. The van der Waals surface area contributed by atoms with Crippen molar-refractivity contribution in [3.63, 3.8) is 0 Å². The van der Waals surface area contributed by atoms with E-state index in [4.69, 9.17) is 9.11 Å². The molecule has 0 atom stereocenters. The first-order valence-corrected chi connectivity index (χ1v) is 12.4. The molecule has 0 saturated heterocycles. The second-order valence-corrected chi connectivity index (χ2v) is 10.8. The zero-order chi connectivity index (χ0) is 21.7. The molecule has 2 aromatic carbocycles. The van der Waals surface area contributed by atoms with Gasteiger partial charge in [-0.15, -0.1) is 0 Å². The van der Waals surface area contributed by atoms with Crippen LogP contribution >= 0.6 is 0 Å². The zero-order valence-electron chi connectivity index (χ0n) is 21.2. The van der Waals surface area contributed by atoms with Crippen molar-refractivity contribution in [1.82, 2.24) is 0 Å². The summed E-state index contributed by atoms with van der Waals surface area (Å²) in [6, 6.07) is 3.38. The van der Waals surface area contributed by atoms with Gasteiger partial charge in [0.1, 0.15) is 9.79 Å². The van der Waals surface area contributed by atoms with E-state index in [-0.39, 0.29) is 124 Å². The van der Waals surface area contributed by atoms with Gasteiger partial charge in [0.05, 0.1) is 9.79 Å². The van der Waals surface area contributed by atoms with E-state index in [2.05, 4.69) is 0 Å². The average Bonchev–Trinajstić information content (AvgIpc) is 2.50. The molecule has 12 nitrogen and oxygen atoms in total. The van der Waals surface area contributed by atoms with Gasteiger partial charge in [0.25, 0.3) is 40.5 Å². The molecule has 0 fully saturated rings. The molecule has 0 radical (unpaired) electrons. The first-order chi connectivity index (χ1) is 12.4. The molecule has 0 aromatic heterocycles. The van der Waals surface area contributed by atoms with Crippen LogP contribution in [-0.4, -0.2) is 51.9 Å². The molecule has 0 aliphatic rings. The third-order valence-corrected chi connectivity index (χ3v) is 6.83. The molecule has 2 aromatic rings. The van der Waals surface area contributed by atoms with Crippen molar-refractivity contribution >= 4 is 40.5 Å². The first kappa shape index (κ1) is 38.6. The Bertz CT molecular complexity index is 1310. The van der Waals surface area contributed by atoms with Gasteiger partial charge in [-0.2, -0.15) is 33.7 Å². The predicted molar refractivity (Wildman–Crippen MR) is 95.6 cm³/mol. The molecule has 0 saturated carbocycles. The van der Waals surface area contributed by atoms with Gasteiger partial charge in [-0.05, 0) is 24.3 Å². The summed E-state index contributed by atoms with van der Waals surface area (Å²) in [5.74, 6) is 0. The van der Waals surface area contributed by atoms with E-state index in [1.807, 2.05) is 0 Å². The Labute approximate surface area is 279 Å². The van der Waals surface area contributed by atoms with Crippen molar-refractivity contribution in [2.75, 3.05) is 0 Å². The van der Waals surface area contributed by atoms with Crippen LogP contribution in [0.2, 0.25) is 0 Å². The predicted octanol–water partition coefficient (Wildman–Crippen LogP) is -11.2. The van der Waals surface area contributed by atoms with E-state index in [9.17, 15) is 42.8 Å². The van der Waals surface area contributed by atoms with Crippen molar-refractivity contribution in [3.8, 4) is 11.1 Å². The molecule has 0 aliphatic carbocycles. The molecule has 0 heterocycles. The zero-order valence-corrected chi connectivity index (χ0v) is 28.4. The molecule has 20 heteroatoms. The Morgan fingerprint density at radius 1 is 0.469 bits per heavy atom. The number of benzene rings is 2. The minimum Gasteiger partial charge on any atom is -1.00 e. The van der Waals surface area contributed by atoms with Gasteiger partial charge < -0.3 is 5.71 Å². The average molecular weight is 570 g/mol. The fourth-order valence-electron chi connectivity index (χ4n) is 2.20. The van der Waals surface area contributed by atoms with Crippen LogP contribution in [0.4, 0.5) is 0 Å². The summed E-state index contributed by atoms with van der Waals surface area (Å²) >= 11 is 0. The summed E-state index contributed by atoms with van der Waals surface area (Å²) < 4.78 is 128. The maximum absolute atomic E-state index is 11.6. The summed E-state index contributed by atoms with van der Waals surface area (Å²) in [4.78, 5) is -4.22. The SMILES string of the molecule is O=S(=O)(O)c1ccc(-c2ccc(S(=O)(=O)O)cc2S(=O)(=O)O)c(S(=O)(=O)O)c1.[H-].[H-].[H-].[H-].[Na+].[Na+].[Na+].[Na+]. The molecule has 0 amide bonds. The number of hydrogen-bond donors (Lipinski definition) is 4. The summed E-state index contributed by atoms with van der Waals surface area (Å²) in [6.07, 6.45) is 0. The van der Waals surface area contributed by atoms with Crippen LogP contribution < -0.4 is 118 Å². The molecule has 0 aliphatic heterocycles. The van der Waals surface area contributed by atoms with Crippen LogP contribution in [0.5, 0.6) is 0 Å². The summed E-state index contributed by atoms with van der Waals surface area (Å²) in [5, 5.41) is 0. The van der Waals surface area contributed by atoms with Crippen molar-refractivity contribution in [3.05, 3.63) is 36.4 Å². The van der Waals surface area contributed by atoms with Crippen LogP contribution in [0.3, 0.4) is 0 Å². The van der Waals surface area contributed by atoms with E-state index >= 15 is 0 Å². The summed E-state index contributed by atoms with van der Waals surface area (Å²) in [7, 11) is -20.2. The fraction of sp³-hybridized carbons (Fsp3) is 0. The van der Waals surface area contributed by atoms with Crippen LogP contribution in [0.1, 0.15) is 5.71 Å². The second-order valence-electron chi connectivity index (χ2n) is 5.22. The molecule has 2 rings (SSSR count). The van der Waals surface area contributed by atoms with Gasteiger partial charge in [-0.25, -0.2) is 0 Å². The van der Waals surface area contributed by atoms with Crippen LogP contribution in [-0.2, 0) is 40.5 Å². The maximum atomic E-state index is 11.6. The molecule has 4 N–H and O–H groups in total. The summed E-state index contributed by atoms with van der Waals surface area (Å²) in [6.45, 7) is 0. The van der Waals surface area contributed by atoms with Gasteiger partial charge >= 0.3 is 118 Å². The smallest absolute Gasteiger partial charge is 1.00 e. The molecule has 0 spiro atoms. The van der Waals surface area contributed by atoms with E-state index in [0.717, 1.165) is 0 Å². The van der Waals surface area contributed by atoms with Crippen LogP contribution in [0.25, 0.3) is 11.1 Å². The molecular formula is C12H14Na4O12S4. The van der Waals surface area contributed by atoms with E-state index in [0.29, 0.717) is 36.4 Å². The van der Waals surface area contributed by atoms with Crippen LogP contribution in [0.15, 0.2) is 56.0 Å². The topological polar surface area (TPSA) is 217 Å². The molecular weight excluding hydrogens is 556 g/mol. The first-order valence-electron chi connectivity index (χ1n) is 6.61. The molecule has 0 bridgehead atoms. The van der Waals surface area contributed by atoms with Gasteiger partial charge in [0, 0.05) is 11.1 Å². The van der Waals surface area contributed by atoms with Crippen molar-refractivity contribution in [1.29, 1.82) is 0 Å². The minimum atomic E-state index is -5.18. The third-order valence-electron chi connectivity index (χ3n) is 3.35. The van der Waals surface area contributed by atoms with Gasteiger partial charge in [0.2, 0.25) is 0 Å². The van der Waals surface area contributed by atoms with Crippen molar-refractivity contribution in [2.24, 2.45) is 0 Å². The maximum Gasteiger partial charge on any atom is 1.00 e. The Morgan fingerprint density at radius 2 is 0.719 bits per heavy atom. The second kappa shape index (κ2) is 13.6. The Kier molecular flexibility index (Phi) is 16.4. The van der Waals surface area contributed by atoms with Crippen molar-refractivity contribution in [2.45, 2.75) is 19.6 Å². The molecule has 32 heavy (non-hydrogen) atoms. The van der Waals surface area contributed by atoms with E-state index in [1.54, 1.807) is 0 Å². The van der Waals surface area contributed by atoms with Crippen LogP contribution in [0, 0.1) is 0 Å². The number of rotatable bonds is 5. The van der Waals surface area contributed by atoms with E-state index < -0.39 is 71.2 Å². The largest absolute Gasteiger partial charge is 1.00 e. The minimum absolute atomic E-state index is 0. The fourth-order valence-corrected chi connectivity index (χ4v) is 4.82. The molecule has 162 valence electrons. The molecule has 0 unspecified atom stereocenters. The van der Waals surface area contributed by atoms with Crippen molar-refractivity contribution < 1.29 is 176 Å². The quantitative estimate of drug-likeness (QED) is 0.195. The standard InChI is InChI=1S/C12H10O12S4.4Na.4H/c13-25(14,15)7-1-3-9(11(5-7)27(19,20)21)10-4-2-8(26(16,17)18)6-12(10)28(22,23)24;;;;;;;;/h1-6H,(H,13,14,15)(H,16,17,18)(H,19,20,21)(H,22,23,24);;;;;;;;/q;4*+1;4*-1. The van der Waals surface area contributed by atoms with E-state index in [1.165, 1.54) is 0 Å². The third kappa shape index (κ3) is 9.85. The Balaban J connectivity index is -0.000000210. The number of hydrogen-bond acceptors (Lipinski definition) is 8. The summed E-state index contributed by atoms with van der Waals surface area (Å²) in [5.41, 5.74) is -1.30. The monoisotopic (exact) mass is 570 g/mol. The van der Waals surface area contributed by atoms with Gasteiger partial charge in [-0.3, -0.25) is 18.2 Å².